The van der Waals surface area contributed by atoms with Gasteiger partial charge in [0.15, 0.2) is 23.0 Å². The summed E-state index contributed by atoms with van der Waals surface area (Å²) >= 11 is 0. The third-order valence-corrected chi connectivity index (χ3v) is 5.32. The minimum Gasteiger partial charge on any atom is -0.493 e. The molecular weight excluding hydrogens is 348 g/mol. The molecule has 1 atom stereocenters. The molecule has 138 valence electrons. The van der Waals surface area contributed by atoms with Crippen LogP contribution in [0.25, 0.3) is 5.57 Å². The first-order valence-corrected chi connectivity index (χ1v) is 8.76. The molecule has 5 rings (SSSR count). The molecule has 1 aliphatic carbocycles. The van der Waals surface area contributed by atoms with Crippen molar-refractivity contribution < 1.29 is 28.5 Å². The highest BCUT2D eigenvalue weighted by Gasteiger charge is 2.39. The zero-order chi connectivity index (χ0) is 18.5. The smallest absolute Gasteiger partial charge is 0.335 e. The Morgan fingerprint density at radius 3 is 2.56 bits per heavy atom. The Kier molecular flexibility index (Phi) is 3.53. The maximum absolute atomic E-state index is 12.5. The molecular formula is C21H18O6. The first kappa shape index (κ1) is 16.1. The molecule has 3 aliphatic rings. The Labute approximate surface area is 156 Å². The van der Waals surface area contributed by atoms with Gasteiger partial charge in [0.25, 0.3) is 0 Å². The van der Waals surface area contributed by atoms with E-state index in [1.165, 1.54) is 0 Å². The minimum atomic E-state index is -0.256. The summed E-state index contributed by atoms with van der Waals surface area (Å²) in [6.45, 7) is 0.604. The van der Waals surface area contributed by atoms with Crippen molar-refractivity contribution in [1.29, 1.82) is 0 Å². The van der Waals surface area contributed by atoms with Crippen LogP contribution in [0, 0.1) is 5.92 Å². The second kappa shape index (κ2) is 5.94. The van der Waals surface area contributed by atoms with E-state index >= 15 is 0 Å². The number of rotatable bonds is 3. The molecule has 2 aromatic carbocycles. The van der Waals surface area contributed by atoms with Gasteiger partial charge in [-0.3, -0.25) is 0 Å². The summed E-state index contributed by atoms with van der Waals surface area (Å²) in [5, 5.41) is 0. The lowest BCUT2D eigenvalue weighted by molar-refractivity contribution is -0.135. The normalized spacial score (nSPS) is 19.5. The molecule has 1 fully saturated rings. The number of carbonyl (C=O) groups is 1. The van der Waals surface area contributed by atoms with Crippen molar-refractivity contribution in [2.45, 2.75) is 6.42 Å². The van der Waals surface area contributed by atoms with Crippen molar-refractivity contribution in [3.63, 3.8) is 0 Å². The Morgan fingerprint density at radius 1 is 0.963 bits per heavy atom. The summed E-state index contributed by atoms with van der Waals surface area (Å²) in [6, 6.07) is 9.66. The lowest BCUT2D eigenvalue weighted by Crippen LogP contribution is -2.17. The molecule has 0 spiro atoms. The van der Waals surface area contributed by atoms with Gasteiger partial charge < -0.3 is 23.7 Å². The van der Waals surface area contributed by atoms with Crippen LogP contribution in [0.4, 0.5) is 0 Å². The third kappa shape index (κ3) is 2.36. The van der Waals surface area contributed by atoms with Crippen molar-refractivity contribution in [3.8, 4) is 23.0 Å². The fraction of sp³-hybridized carbons (Fsp3) is 0.286. The Balaban J connectivity index is 1.76. The van der Waals surface area contributed by atoms with E-state index in [1.54, 1.807) is 14.2 Å². The zero-order valence-corrected chi connectivity index (χ0v) is 15.0. The predicted octanol–water partition coefficient (Wildman–Crippen LogP) is 2.96. The number of hydrogen-bond donors (Lipinski definition) is 0. The number of methoxy groups -OCH3 is 2. The second-order valence-corrected chi connectivity index (χ2v) is 6.72. The number of cyclic esters (lactones) is 1. The summed E-state index contributed by atoms with van der Waals surface area (Å²) in [4.78, 5) is 12.5. The quantitative estimate of drug-likeness (QED) is 0.779. The van der Waals surface area contributed by atoms with Crippen LogP contribution < -0.4 is 18.9 Å². The van der Waals surface area contributed by atoms with Gasteiger partial charge >= 0.3 is 5.97 Å². The minimum absolute atomic E-state index is 0.0310. The van der Waals surface area contributed by atoms with Crippen LogP contribution in [0.5, 0.6) is 23.0 Å². The largest absolute Gasteiger partial charge is 0.493 e. The van der Waals surface area contributed by atoms with E-state index in [0.717, 1.165) is 28.7 Å². The third-order valence-electron chi connectivity index (χ3n) is 5.32. The van der Waals surface area contributed by atoms with E-state index in [4.69, 9.17) is 23.7 Å². The number of fused-ring (bicyclic) bond motifs is 3. The van der Waals surface area contributed by atoms with Gasteiger partial charge in [0.1, 0.15) is 0 Å². The number of ether oxygens (including phenoxy) is 5. The van der Waals surface area contributed by atoms with Gasteiger partial charge in [-0.1, -0.05) is 6.07 Å². The number of hydrogen-bond acceptors (Lipinski definition) is 6. The molecule has 6 heteroatoms. The van der Waals surface area contributed by atoms with E-state index in [0.29, 0.717) is 35.2 Å². The fourth-order valence-electron chi connectivity index (χ4n) is 4.07. The Morgan fingerprint density at radius 2 is 1.74 bits per heavy atom. The van der Waals surface area contributed by atoms with Crippen LogP contribution in [0.3, 0.4) is 0 Å². The monoisotopic (exact) mass is 366 g/mol. The summed E-state index contributed by atoms with van der Waals surface area (Å²) in [5.74, 6) is 2.46. The maximum Gasteiger partial charge on any atom is 0.335 e. The first-order chi connectivity index (χ1) is 13.2. The zero-order valence-electron chi connectivity index (χ0n) is 15.0. The molecule has 0 bridgehead atoms. The summed E-state index contributed by atoms with van der Waals surface area (Å²) in [7, 11) is 3.22. The topological polar surface area (TPSA) is 63.2 Å². The summed E-state index contributed by atoms with van der Waals surface area (Å²) in [5.41, 5.74) is 4.53. The molecule has 0 unspecified atom stereocenters. The highest BCUT2D eigenvalue weighted by atomic mass is 16.7. The van der Waals surface area contributed by atoms with Crippen LogP contribution in [0.2, 0.25) is 0 Å². The molecule has 0 radical (unpaired) electrons. The van der Waals surface area contributed by atoms with Crippen LogP contribution in [-0.4, -0.2) is 33.6 Å². The Hall–Kier alpha value is -3.15. The summed E-state index contributed by atoms with van der Waals surface area (Å²) in [6.07, 6.45) is 0.727. The van der Waals surface area contributed by atoms with Gasteiger partial charge in [0, 0.05) is 11.5 Å². The van der Waals surface area contributed by atoms with E-state index in [9.17, 15) is 4.79 Å². The Bertz CT molecular complexity index is 990. The molecule has 0 saturated carbocycles. The van der Waals surface area contributed by atoms with Crippen molar-refractivity contribution in [2.24, 2.45) is 5.92 Å². The van der Waals surface area contributed by atoms with Crippen molar-refractivity contribution in [1.82, 2.24) is 0 Å². The standard InChI is InChI=1S/C21H18O6/c1-23-16-7-12-5-13-9-25-21(22)20(13)19(14(12)8-17(16)24-2)11-3-4-15-18(6-11)27-10-26-15/h3-4,6-8,13H,5,9-10H2,1-2H3/t13-/m0/s1. The second-order valence-electron chi connectivity index (χ2n) is 6.72. The van der Waals surface area contributed by atoms with Gasteiger partial charge in [-0.2, -0.15) is 0 Å². The lowest BCUT2D eigenvalue weighted by atomic mass is 9.77. The molecule has 0 aromatic heterocycles. The molecule has 0 N–H and O–H groups in total. The van der Waals surface area contributed by atoms with Gasteiger partial charge in [-0.25, -0.2) is 4.79 Å². The van der Waals surface area contributed by atoms with Gasteiger partial charge in [0.05, 0.1) is 26.4 Å². The molecule has 27 heavy (non-hydrogen) atoms. The van der Waals surface area contributed by atoms with Crippen LogP contribution in [0.15, 0.2) is 35.9 Å². The summed E-state index contributed by atoms with van der Waals surface area (Å²) < 4.78 is 27.3. The van der Waals surface area contributed by atoms with Crippen molar-refractivity contribution >= 4 is 11.5 Å². The molecule has 2 aromatic rings. The van der Waals surface area contributed by atoms with Crippen molar-refractivity contribution in [2.75, 3.05) is 27.6 Å². The van der Waals surface area contributed by atoms with E-state index in [2.05, 4.69) is 0 Å². The fourth-order valence-corrected chi connectivity index (χ4v) is 4.07. The molecule has 6 nitrogen and oxygen atoms in total. The van der Waals surface area contributed by atoms with Crippen LogP contribution in [0.1, 0.15) is 16.7 Å². The molecule has 0 amide bonds. The van der Waals surface area contributed by atoms with Crippen LogP contribution >= 0.6 is 0 Å². The van der Waals surface area contributed by atoms with Gasteiger partial charge in [-0.15, -0.1) is 0 Å². The molecule has 1 saturated heterocycles. The first-order valence-electron chi connectivity index (χ1n) is 8.76. The van der Waals surface area contributed by atoms with Crippen LogP contribution in [-0.2, 0) is 16.0 Å². The number of benzene rings is 2. The SMILES string of the molecule is COc1cc2c(cc1OC)C(c1ccc3c(c1)OCO3)=C1C(=O)OC[C@@H]1C2. The highest BCUT2D eigenvalue weighted by molar-refractivity contribution is 6.05. The van der Waals surface area contributed by atoms with E-state index < -0.39 is 0 Å². The average molecular weight is 366 g/mol. The van der Waals surface area contributed by atoms with Gasteiger partial charge in [-0.05, 0) is 47.4 Å². The van der Waals surface area contributed by atoms with Crippen molar-refractivity contribution in [3.05, 3.63) is 52.6 Å². The highest BCUT2D eigenvalue weighted by Crippen LogP contribution is 2.47. The molecule has 2 aliphatic heterocycles. The number of carbonyl (C=O) groups excluding carboxylic acids is 1. The maximum atomic E-state index is 12.5. The average Bonchev–Trinajstić information content (AvgIpc) is 3.31. The molecule has 2 heterocycles. The number of esters is 1. The lowest BCUT2D eigenvalue weighted by Gasteiger charge is -2.25. The van der Waals surface area contributed by atoms with Gasteiger partial charge in [0.2, 0.25) is 6.79 Å². The van der Waals surface area contributed by atoms with E-state index in [1.807, 2.05) is 30.3 Å². The predicted molar refractivity (Wildman–Crippen MR) is 96.3 cm³/mol. The van der Waals surface area contributed by atoms with E-state index in [-0.39, 0.29) is 18.7 Å².